The fraction of sp³-hybridized carbons (Fsp3) is 0.0909. The molecule has 1 heterocycles. The number of carbonyl (C=O) groups excluding carboxylic acids is 1. The number of benzene rings is 1. The molecule has 0 aliphatic carbocycles. The lowest BCUT2D eigenvalue weighted by molar-refractivity contribution is 0.0978. The molecule has 17 heavy (non-hydrogen) atoms. The molecule has 0 unspecified atom stereocenters. The molecule has 1 amide bonds. The first-order valence-corrected chi connectivity index (χ1v) is 5.76. The van der Waals surface area contributed by atoms with Crippen molar-refractivity contribution in [2.75, 3.05) is 7.05 Å². The van der Waals surface area contributed by atoms with Crippen molar-refractivity contribution in [3.8, 4) is 0 Å². The van der Waals surface area contributed by atoms with Crippen molar-refractivity contribution in [1.29, 1.82) is 0 Å². The largest absolute Gasteiger partial charge is 0.360 e. The normalized spacial score (nSPS) is 11.5. The number of fused-ring (bicyclic) bond motifs is 1. The van der Waals surface area contributed by atoms with Gasteiger partial charge in [0.15, 0.2) is 0 Å². The Balaban J connectivity index is 2.31. The number of aromatic nitrogens is 1. The Morgan fingerprint density at radius 1 is 1.41 bits per heavy atom. The highest BCUT2D eigenvalue weighted by Crippen LogP contribution is 2.17. The van der Waals surface area contributed by atoms with Crippen molar-refractivity contribution in [2.24, 2.45) is 4.99 Å². The van der Waals surface area contributed by atoms with Crippen molar-refractivity contribution in [2.45, 2.75) is 0 Å². The number of nitrogens with zero attached hydrogens (tertiary/aromatic N) is 1. The number of hydrogen-bond acceptors (Lipinski definition) is 2. The number of para-hydroxylation sites is 1. The van der Waals surface area contributed by atoms with Crippen LogP contribution in [0.4, 0.5) is 0 Å². The van der Waals surface area contributed by atoms with Crippen molar-refractivity contribution >= 4 is 38.9 Å². The SMILES string of the molecule is CN=C(NBr)NC(=O)c1c[nH]c2ccccc12. The molecule has 0 radical (unpaired) electrons. The first kappa shape index (κ1) is 11.7. The summed E-state index contributed by atoms with van der Waals surface area (Å²) in [5.74, 6) is 0.148. The minimum Gasteiger partial charge on any atom is -0.360 e. The molecule has 0 bridgehead atoms. The van der Waals surface area contributed by atoms with Crippen LogP contribution in [0.1, 0.15) is 10.4 Å². The minimum atomic E-state index is -0.213. The van der Waals surface area contributed by atoms with Gasteiger partial charge >= 0.3 is 0 Å². The lowest BCUT2D eigenvalue weighted by Crippen LogP contribution is -2.36. The maximum atomic E-state index is 12.0. The zero-order valence-electron chi connectivity index (χ0n) is 9.12. The zero-order chi connectivity index (χ0) is 12.3. The third-order valence-electron chi connectivity index (χ3n) is 2.38. The van der Waals surface area contributed by atoms with Gasteiger partial charge in [0.2, 0.25) is 5.96 Å². The highest BCUT2D eigenvalue weighted by molar-refractivity contribution is 9.08. The van der Waals surface area contributed by atoms with Crippen LogP contribution in [0.2, 0.25) is 0 Å². The standard InChI is InChI=1S/C11H11BrN4O/c1-13-11(16-12)15-10(17)8-6-14-9-5-3-2-4-7(8)9/h2-6,14H,1H3,(H2,13,15,16,17). The van der Waals surface area contributed by atoms with E-state index in [1.165, 1.54) is 0 Å². The topological polar surface area (TPSA) is 69.3 Å². The molecular formula is C11H11BrN4O. The first-order valence-electron chi connectivity index (χ1n) is 4.97. The molecule has 0 saturated heterocycles. The minimum absolute atomic E-state index is 0.213. The van der Waals surface area contributed by atoms with E-state index in [-0.39, 0.29) is 5.91 Å². The number of halogens is 1. The quantitative estimate of drug-likeness (QED) is 0.426. The Labute approximate surface area is 107 Å². The molecule has 0 fully saturated rings. The van der Waals surface area contributed by atoms with Gasteiger partial charge in [0.1, 0.15) is 0 Å². The van der Waals surface area contributed by atoms with Gasteiger partial charge in [-0.25, -0.2) is 0 Å². The van der Waals surface area contributed by atoms with Crippen LogP contribution in [0.5, 0.6) is 0 Å². The summed E-state index contributed by atoms with van der Waals surface area (Å²) in [4.78, 5) is 18.9. The van der Waals surface area contributed by atoms with Crippen LogP contribution in [0.3, 0.4) is 0 Å². The summed E-state index contributed by atoms with van der Waals surface area (Å²) in [6, 6.07) is 7.62. The van der Waals surface area contributed by atoms with Crippen molar-refractivity contribution in [3.05, 3.63) is 36.0 Å². The smallest absolute Gasteiger partial charge is 0.260 e. The molecule has 2 aromatic rings. The molecule has 0 aliphatic rings. The van der Waals surface area contributed by atoms with Crippen LogP contribution in [-0.2, 0) is 0 Å². The van der Waals surface area contributed by atoms with E-state index in [1.54, 1.807) is 13.2 Å². The van der Waals surface area contributed by atoms with E-state index in [4.69, 9.17) is 0 Å². The van der Waals surface area contributed by atoms with E-state index in [9.17, 15) is 4.79 Å². The molecular weight excluding hydrogens is 284 g/mol. The van der Waals surface area contributed by atoms with Gasteiger partial charge in [0.25, 0.3) is 5.91 Å². The fourth-order valence-corrected chi connectivity index (χ4v) is 1.83. The molecule has 0 spiro atoms. The van der Waals surface area contributed by atoms with Crippen LogP contribution in [0, 0.1) is 0 Å². The molecule has 88 valence electrons. The summed E-state index contributed by atoms with van der Waals surface area (Å²) < 4.78 is 2.61. The summed E-state index contributed by atoms with van der Waals surface area (Å²) >= 11 is 3.01. The number of hydrogen-bond donors (Lipinski definition) is 3. The molecule has 6 heteroatoms. The van der Waals surface area contributed by atoms with Gasteiger partial charge in [-0.2, -0.15) is 0 Å². The Bertz CT molecular complexity index is 576. The molecule has 3 N–H and O–H groups in total. The Morgan fingerprint density at radius 3 is 2.88 bits per heavy atom. The van der Waals surface area contributed by atoms with E-state index in [0.717, 1.165) is 10.9 Å². The van der Waals surface area contributed by atoms with Crippen LogP contribution in [0.25, 0.3) is 10.9 Å². The van der Waals surface area contributed by atoms with Crippen molar-refractivity contribution < 1.29 is 4.79 Å². The Morgan fingerprint density at radius 2 is 2.18 bits per heavy atom. The van der Waals surface area contributed by atoms with Crippen LogP contribution < -0.4 is 9.66 Å². The zero-order valence-corrected chi connectivity index (χ0v) is 10.7. The molecule has 1 aromatic heterocycles. The van der Waals surface area contributed by atoms with Gasteiger partial charge in [0.05, 0.1) is 5.56 Å². The number of guanidine groups is 1. The van der Waals surface area contributed by atoms with Gasteiger partial charge in [-0.1, -0.05) is 18.2 Å². The second kappa shape index (κ2) is 5.01. The number of rotatable bonds is 1. The first-order chi connectivity index (χ1) is 8.26. The summed E-state index contributed by atoms with van der Waals surface area (Å²) in [5.41, 5.74) is 1.52. The molecule has 0 saturated carbocycles. The average molecular weight is 295 g/mol. The highest BCUT2D eigenvalue weighted by Gasteiger charge is 2.12. The number of amides is 1. The lowest BCUT2D eigenvalue weighted by Gasteiger charge is -2.04. The second-order valence-corrected chi connectivity index (χ2v) is 3.77. The summed E-state index contributed by atoms with van der Waals surface area (Å²) in [6.07, 6.45) is 1.68. The summed E-state index contributed by atoms with van der Waals surface area (Å²) in [6.45, 7) is 0. The van der Waals surface area contributed by atoms with Crippen LogP contribution >= 0.6 is 16.1 Å². The summed E-state index contributed by atoms with van der Waals surface area (Å²) in [7, 11) is 1.58. The Kier molecular flexibility index (Phi) is 3.43. The van der Waals surface area contributed by atoms with Crippen molar-refractivity contribution in [3.63, 3.8) is 0 Å². The number of aromatic amines is 1. The Hall–Kier alpha value is -1.82. The van der Waals surface area contributed by atoms with Crippen molar-refractivity contribution in [1.82, 2.24) is 14.6 Å². The van der Waals surface area contributed by atoms with Crippen LogP contribution in [0.15, 0.2) is 35.5 Å². The maximum Gasteiger partial charge on any atom is 0.260 e. The number of aliphatic imine (C=N–C) groups is 1. The predicted octanol–water partition coefficient (Wildman–Crippen LogP) is 1.78. The van der Waals surface area contributed by atoms with Gasteiger partial charge in [0, 0.05) is 40.3 Å². The molecule has 5 nitrogen and oxygen atoms in total. The van der Waals surface area contributed by atoms with E-state index in [2.05, 4.69) is 35.8 Å². The molecule has 1 aromatic carbocycles. The summed E-state index contributed by atoms with van der Waals surface area (Å²) in [5, 5.41) is 3.53. The van der Waals surface area contributed by atoms with Crippen LogP contribution in [-0.4, -0.2) is 23.9 Å². The monoisotopic (exact) mass is 294 g/mol. The van der Waals surface area contributed by atoms with Gasteiger partial charge in [-0.3, -0.25) is 19.4 Å². The third-order valence-corrected chi connectivity index (χ3v) is 2.75. The van der Waals surface area contributed by atoms with Gasteiger partial charge < -0.3 is 4.98 Å². The highest BCUT2D eigenvalue weighted by atomic mass is 79.9. The number of H-pyrrole nitrogens is 1. The van der Waals surface area contributed by atoms with E-state index in [0.29, 0.717) is 11.5 Å². The number of nitrogens with one attached hydrogen (secondary N) is 3. The lowest BCUT2D eigenvalue weighted by atomic mass is 10.1. The molecule has 0 atom stereocenters. The second-order valence-electron chi connectivity index (χ2n) is 3.37. The predicted molar refractivity (Wildman–Crippen MR) is 71.2 cm³/mol. The molecule has 0 aliphatic heterocycles. The van der Waals surface area contributed by atoms with Gasteiger partial charge in [-0.05, 0) is 6.07 Å². The third kappa shape index (κ3) is 2.31. The average Bonchev–Trinajstić information content (AvgIpc) is 2.79. The van der Waals surface area contributed by atoms with Gasteiger partial charge in [-0.15, -0.1) is 0 Å². The van der Waals surface area contributed by atoms with E-state index >= 15 is 0 Å². The van der Waals surface area contributed by atoms with E-state index in [1.807, 2.05) is 24.3 Å². The molecule has 2 rings (SSSR count). The number of carbonyl (C=O) groups is 1. The fourth-order valence-electron chi connectivity index (χ4n) is 1.56. The maximum absolute atomic E-state index is 12.0. The van der Waals surface area contributed by atoms with E-state index < -0.39 is 0 Å².